The number of piperidine rings is 1. The van der Waals surface area contributed by atoms with E-state index in [1.807, 2.05) is 35.1 Å². The number of thiazole rings is 1. The number of hydrogen-bond donors (Lipinski definition) is 0. The Kier molecular flexibility index (Phi) is 7.28. The van der Waals surface area contributed by atoms with Crippen molar-refractivity contribution in [3.05, 3.63) is 74.9 Å². The number of likely N-dealkylation sites (tertiary alicyclic amines) is 1. The number of aryl methyl sites for hydroxylation is 2. The van der Waals surface area contributed by atoms with Crippen LogP contribution in [0.3, 0.4) is 0 Å². The SMILES string of the molecule is Cc1cc2nnc(C(=O)N3CCC(c4nc(C(=O)N5CCN(Cc6ccc(F)cc6)CC5)cs4)CC3)c(C)n2n1. The lowest BCUT2D eigenvalue weighted by molar-refractivity contribution is 0.0623. The molecule has 5 heterocycles. The Morgan fingerprint density at radius 1 is 0.950 bits per heavy atom. The van der Waals surface area contributed by atoms with E-state index in [4.69, 9.17) is 4.98 Å². The fourth-order valence-electron chi connectivity index (χ4n) is 5.45. The molecule has 0 radical (unpaired) electrons. The highest BCUT2D eigenvalue weighted by Crippen LogP contribution is 2.31. The fourth-order valence-corrected chi connectivity index (χ4v) is 6.41. The van der Waals surface area contributed by atoms with Gasteiger partial charge in [0, 0.05) is 63.2 Å². The Labute approximate surface area is 235 Å². The molecule has 0 unspecified atom stereocenters. The lowest BCUT2D eigenvalue weighted by Crippen LogP contribution is -2.48. The summed E-state index contributed by atoms with van der Waals surface area (Å²) in [5.41, 5.74) is 4.03. The highest BCUT2D eigenvalue weighted by Gasteiger charge is 2.30. The Balaban J connectivity index is 1.02. The molecule has 0 atom stereocenters. The molecule has 2 amide bonds. The van der Waals surface area contributed by atoms with E-state index >= 15 is 0 Å². The van der Waals surface area contributed by atoms with Crippen LogP contribution in [-0.2, 0) is 6.54 Å². The fraction of sp³-hybridized carbons (Fsp3) is 0.429. The number of fused-ring (bicyclic) bond motifs is 1. The summed E-state index contributed by atoms with van der Waals surface area (Å²) in [6.45, 7) is 8.48. The Bertz CT molecular complexity index is 1540. The van der Waals surface area contributed by atoms with Crippen molar-refractivity contribution in [2.75, 3.05) is 39.3 Å². The molecule has 12 heteroatoms. The van der Waals surface area contributed by atoms with Gasteiger partial charge in [-0.05, 0) is 44.4 Å². The van der Waals surface area contributed by atoms with Gasteiger partial charge < -0.3 is 9.80 Å². The molecule has 2 aliphatic heterocycles. The molecule has 6 rings (SSSR count). The first-order chi connectivity index (χ1) is 19.4. The van der Waals surface area contributed by atoms with Gasteiger partial charge in [-0.25, -0.2) is 13.9 Å². The number of benzene rings is 1. The van der Waals surface area contributed by atoms with Crippen LogP contribution in [-0.4, -0.2) is 90.6 Å². The number of aromatic nitrogens is 5. The number of hydrogen-bond acceptors (Lipinski definition) is 8. The third kappa shape index (κ3) is 5.33. The minimum Gasteiger partial charge on any atom is -0.337 e. The van der Waals surface area contributed by atoms with Gasteiger partial charge in [0.15, 0.2) is 11.3 Å². The minimum absolute atomic E-state index is 0.0326. The first kappa shape index (κ1) is 26.5. The van der Waals surface area contributed by atoms with Gasteiger partial charge in [-0.1, -0.05) is 12.1 Å². The molecule has 2 saturated heterocycles. The molecular formula is C28H31FN8O2S. The van der Waals surface area contributed by atoms with Gasteiger partial charge in [0.1, 0.15) is 11.5 Å². The van der Waals surface area contributed by atoms with Crippen molar-refractivity contribution < 1.29 is 14.0 Å². The molecule has 3 aromatic heterocycles. The van der Waals surface area contributed by atoms with E-state index in [1.165, 1.54) is 23.5 Å². The molecule has 0 spiro atoms. The first-order valence-electron chi connectivity index (χ1n) is 13.6. The number of nitrogens with zero attached hydrogens (tertiary/aromatic N) is 8. The van der Waals surface area contributed by atoms with Crippen LogP contribution in [0.5, 0.6) is 0 Å². The first-order valence-corrected chi connectivity index (χ1v) is 14.4. The normalized spacial score (nSPS) is 17.1. The predicted molar refractivity (Wildman–Crippen MR) is 148 cm³/mol. The minimum atomic E-state index is -0.232. The number of rotatable bonds is 5. The topological polar surface area (TPSA) is 99.8 Å². The predicted octanol–water partition coefficient (Wildman–Crippen LogP) is 3.31. The number of piperazine rings is 1. The van der Waals surface area contributed by atoms with Gasteiger partial charge in [0.25, 0.3) is 11.8 Å². The molecule has 40 heavy (non-hydrogen) atoms. The smallest absolute Gasteiger partial charge is 0.276 e. The van der Waals surface area contributed by atoms with Gasteiger partial charge in [0.05, 0.1) is 16.4 Å². The van der Waals surface area contributed by atoms with Crippen molar-refractivity contribution in [2.45, 2.75) is 39.2 Å². The van der Waals surface area contributed by atoms with E-state index in [1.54, 1.807) is 16.6 Å². The van der Waals surface area contributed by atoms with Crippen molar-refractivity contribution >= 4 is 28.8 Å². The molecule has 0 saturated carbocycles. The maximum absolute atomic E-state index is 13.2. The van der Waals surface area contributed by atoms with E-state index in [2.05, 4.69) is 20.2 Å². The van der Waals surface area contributed by atoms with Crippen LogP contribution in [0, 0.1) is 19.7 Å². The van der Waals surface area contributed by atoms with E-state index in [0.29, 0.717) is 48.9 Å². The molecule has 208 valence electrons. The van der Waals surface area contributed by atoms with Crippen molar-refractivity contribution in [1.29, 1.82) is 0 Å². The summed E-state index contributed by atoms with van der Waals surface area (Å²) in [6, 6.07) is 8.41. The average Bonchev–Trinajstić information content (AvgIpc) is 3.62. The summed E-state index contributed by atoms with van der Waals surface area (Å²) in [7, 11) is 0. The molecule has 4 aromatic rings. The highest BCUT2D eigenvalue weighted by molar-refractivity contribution is 7.09. The number of amides is 2. The zero-order valence-electron chi connectivity index (χ0n) is 22.6. The zero-order valence-corrected chi connectivity index (χ0v) is 23.4. The lowest BCUT2D eigenvalue weighted by atomic mass is 9.97. The lowest BCUT2D eigenvalue weighted by Gasteiger charge is -2.34. The van der Waals surface area contributed by atoms with Gasteiger partial charge >= 0.3 is 0 Å². The third-order valence-electron chi connectivity index (χ3n) is 7.78. The van der Waals surface area contributed by atoms with E-state index in [-0.39, 0.29) is 23.5 Å². The summed E-state index contributed by atoms with van der Waals surface area (Å²) < 4.78 is 14.8. The zero-order chi connectivity index (χ0) is 27.8. The Morgan fingerprint density at radius 3 is 2.38 bits per heavy atom. The molecule has 2 aliphatic rings. The van der Waals surface area contributed by atoms with Crippen LogP contribution in [0.1, 0.15) is 61.7 Å². The monoisotopic (exact) mass is 562 g/mol. The maximum atomic E-state index is 13.2. The number of carbonyl (C=O) groups excluding carboxylic acids is 2. The molecule has 10 nitrogen and oxygen atoms in total. The second-order valence-corrected chi connectivity index (χ2v) is 11.4. The van der Waals surface area contributed by atoms with E-state index in [9.17, 15) is 14.0 Å². The molecule has 0 bridgehead atoms. The van der Waals surface area contributed by atoms with Crippen LogP contribution in [0.15, 0.2) is 35.7 Å². The van der Waals surface area contributed by atoms with Gasteiger partial charge in [0.2, 0.25) is 0 Å². The summed E-state index contributed by atoms with van der Waals surface area (Å²) in [5.74, 6) is -0.182. The Hall–Kier alpha value is -3.77. The number of carbonyl (C=O) groups is 2. The van der Waals surface area contributed by atoms with Gasteiger partial charge in [-0.3, -0.25) is 14.5 Å². The van der Waals surface area contributed by atoms with E-state index < -0.39 is 0 Å². The Morgan fingerprint density at radius 2 is 1.65 bits per heavy atom. The molecule has 2 fully saturated rings. The average molecular weight is 563 g/mol. The van der Waals surface area contributed by atoms with Crippen molar-refractivity contribution in [2.24, 2.45) is 0 Å². The van der Waals surface area contributed by atoms with E-state index in [0.717, 1.165) is 48.7 Å². The highest BCUT2D eigenvalue weighted by atomic mass is 32.1. The summed E-state index contributed by atoms with van der Waals surface area (Å²) in [4.78, 5) is 37.1. The number of halogens is 1. The molecule has 0 N–H and O–H groups in total. The van der Waals surface area contributed by atoms with Crippen LogP contribution < -0.4 is 0 Å². The maximum Gasteiger partial charge on any atom is 0.276 e. The summed E-state index contributed by atoms with van der Waals surface area (Å²) in [6.07, 6.45) is 1.56. The second kappa shape index (κ2) is 11.0. The standard InChI is InChI=1S/C28H31FN8O2S/c1-18-15-24-31-32-25(19(2)37(24)33-18)28(39)35-9-7-21(8-10-35)26-30-23(17-40-26)27(38)36-13-11-34(12-14-36)16-20-3-5-22(29)6-4-20/h3-6,15,17,21H,7-14,16H2,1-2H3. The largest absolute Gasteiger partial charge is 0.337 e. The van der Waals surface area contributed by atoms with Crippen molar-refractivity contribution in [3.63, 3.8) is 0 Å². The molecular weight excluding hydrogens is 531 g/mol. The van der Waals surface area contributed by atoms with Gasteiger partial charge in [-0.2, -0.15) is 5.10 Å². The van der Waals surface area contributed by atoms with Crippen molar-refractivity contribution in [3.8, 4) is 0 Å². The van der Waals surface area contributed by atoms with Crippen molar-refractivity contribution in [1.82, 2.24) is 39.5 Å². The van der Waals surface area contributed by atoms with Gasteiger partial charge in [-0.15, -0.1) is 21.5 Å². The summed E-state index contributed by atoms with van der Waals surface area (Å²) in [5, 5.41) is 15.6. The molecule has 1 aromatic carbocycles. The van der Waals surface area contributed by atoms with Crippen LogP contribution in [0.4, 0.5) is 4.39 Å². The van der Waals surface area contributed by atoms with Crippen LogP contribution >= 0.6 is 11.3 Å². The third-order valence-corrected chi connectivity index (χ3v) is 8.79. The molecule has 0 aliphatic carbocycles. The van der Waals surface area contributed by atoms with Crippen LogP contribution in [0.25, 0.3) is 5.65 Å². The van der Waals surface area contributed by atoms with Crippen LogP contribution in [0.2, 0.25) is 0 Å². The quantitative estimate of drug-likeness (QED) is 0.368. The second-order valence-electron chi connectivity index (χ2n) is 10.5. The summed E-state index contributed by atoms with van der Waals surface area (Å²) >= 11 is 1.53.